The van der Waals surface area contributed by atoms with Crippen LogP contribution in [0.5, 0.6) is 5.75 Å². The number of nitrogens with zero attached hydrogens (tertiary/aromatic N) is 3. The molecule has 0 unspecified atom stereocenters. The summed E-state index contributed by atoms with van der Waals surface area (Å²) in [5, 5.41) is 21.6. The third-order valence-electron chi connectivity index (χ3n) is 6.11. The first kappa shape index (κ1) is 21.1. The molecule has 1 aliphatic rings. The number of hydrogen-bond acceptors (Lipinski definition) is 5. The Hall–Kier alpha value is -2.77. The Morgan fingerprint density at radius 2 is 1.91 bits per heavy atom. The Kier molecular flexibility index (Phi) is 5.69. The standard InChI is InChI=1S/C25H28N4O2S/c1-15-8-9-16(2)23(17(15)3)31-13-19(30)14-32-25-28-27-24(29(25)18-10-11-18)21-12-26-22-7-5-4-6-20(21)22/h4-9,12,18-19,26,30H,10-11,13-14H2,1-3H3/t19-/m0/s1. The number of ether oxygens (including phenoxy) is 1. The van der Waals surface area contributed by atoms with Crippen LogP contribution in [-0.2, 0) is 0 Å². The summed E-state index contributed by atoms with van der Waals surface area (Å²) in [6, 6.07) is 12.8. The molecule has 166 valence electrons. The topological polar surface area (TPSA) is 76.0 Å². The highest BCUT2D eigenvalue weighted by Gasteiger charge is 2.31. The summed E-state index contributed by atoms with van der Waals surface area (Å²) in [5.41, 5.74) is 5.57. The van der Waals surface area contributed by atoms with Crippen LogP contribution >= 0.6 is 11.8 Å². The molecule has 0 radical (unpaired) electrons. The van der Waals surface area contributed by atoms with Crippen LogP contribution in [0.4, 0.5) is 0 Å². The molecule has 1 atom stereocenters. The normalized spacial score (nSPS) is 14.8. The minimum atomic E-state index is -0.597. The molecule has 2 aromatic carbocycles. The van der Waals surface area contributed by atoms with Gasteiger partial charge in [-0.25, -0.2) is 0 Å². The Labute approximate surface area is 192 Å². The maximum atomic E-state index is 10.6. The molecule has 0 saturated heterocycles. The highest BCUT2D eigenvalue weighted by atomic mass is 32.2. The molecule has 7 heteroatoms. The van der Waals surface area contributed by atoms with Crippen molar-refractivity contribution in [3.05, 3.63) is 59.3 Å². The predicted molar refractivity (Wildman–Crippen MR) is 128 cm³/mol. The van der Waals surface area contributed by atoms with E-state index in [0.29, 0.717) is 11.8 Å². The van der Waals surface area contributed by atoms with E-state index in [-0.39, 0.29) is 6.61 Å². The number of aromatic amines is 1. The van der Waals surface area contributed by atoms with Crippen molar-refractivity contribution in [1.29, 1.82) is 0 Å². The number of rotatable bonds is 8. The Morgan fingerprint density at radius 3 is 2.72 bits per heavy atom. The first-order chi connectivity index (χ1) is 15.5. The highest BCUT2D eigenvalue weighted by molar-refractivity contribution is 7.99. The Balaban J connectivity index is 1.30. The summed E-state index contributed by atoms with van der Waals surface area (Å²) >= 11 is 1.54. The summed E-state index contributed by atoms with van der Waals surface area (Å²) < 4.78 is 8.23. The van der Waals surface area contributed by atoms with Gasteiger partial charge < -0.3 is 14.8 Å². The van der Waals surface area contributed by atoms with E-state index in [1.807, 2.05) is 25.3 Å². The molecule has 4 aromatic rings. The van der Waals surface area contributed by atoms with Crippen molar-refractivity contribution in [2.24, 2.45) is 0 Å². The highest BCUT2D eigenvalue weighted by Crippen LogP contribution is 2.42. The van der Waals surface area contributed by atoms with Crippen LogP contribution in [0.15, 0.2) is 47.8 Å². The van der Waals surface area contributed by atoms with Gasteiger partial charge in [-0.3, -0.25) is 4.57 Å². The van der Waals surface area contributed by atoms with Crippen LogP contribution in [0.1, 0.15) is 35.6 Å². The number of aliphatic hydroxyl groups excluding tert-OH is 1. The number of aryl methyl sites for hydroxylation is 2. The third kappa shape index (κ3) is 4.02. The van der Waals surface area contributed by atoms with Crippen molar-refractivity contribution in [3.63, 3.8) is 0 Å². The summed E-state index contributed by atoms with van der Waals surface area (Å²) in [6.07, 6.45) is 3.69. The van der Waals surface area contributed by atoms with Gasteiger partial charge in [-0.2, -0.15) is 0 Å². The third-order valence-corrected chi connectivity index (χ3v) is 7.19. The number of aliphatic hydroxyl groups is 1. The van der Waals surface area contributed by atoms with Crippen molar-refractivity contribution in [2.45, 2.75) is 50.9 Å². The van der Waals surface area contributed by atoms with Crippen LogP contribution in [0.2, 0.25) is 0 Å². The van der Waals surface area contributed by atoms with Crippen LogP contribution < -0.4 is 4.74 Å². The zero-order chi connectivity index (χ0) is 22.2. The second-order valence-corrected chi connectivity index (χ2v) is 9.57. The second-order valence-electron chi connectivity index (χ2n) is 8.58. The average molecular weight is 449 g/mol. The van der Waals surface area contributed by atoms with Gasteiger partial charge >= 0.3 is 0 Å². The average Bonchev–Trinajstić information content (AvgIpc) is 3.40. The molecule has 1 fully saturated rings. The van der Waals surface area contributed by atoms with Gasteiger partial charge in [0.15, 0.2) is 11.0 Å². The second kappa shape index (κ2) is 8.64. The number of fused-ring (bicyclic) bond motifs is 1. The van der Waals surface area contributed by atoms with Gasteiger partial charge in [-0.15, -0.1) is 10.2 Å². The molecule has 5 rings (SSSR count). The fourth-order valence-corrected chi connectivity index (χ4v) is 4.93. The molecule has 0 aliphatic heterocycles. The molecule has 32 heavy (non-hydrogen) atoms. The van der Waals surface area contributed by atoms with Crippen molar-refractivity contribution in [2.75, 3.05) is 12.4 Å². The van der Waals surface area contributed by atoms with Gasteiger partial charge in [0, 0.05) is 34.5 Å². The van der Waals surface area contributed by atoms with Gasteiger partial charge in [0.05, 0.1) is 6.10 Å². The lowest BCUT2D eigenvalue weighted by Crippen LogP contribution is -2.21. The van der Waals surface area contributed by atoms with Gasteiger partial charge in [0.2, 0.25) is 0 Å². The predicted octanol–water partition coefficient (Wildman–Crippen LogP) is 5.22. The molecule has 1 saturated carbocycles. The number of aromatic nitrogens is 4. The van der Waals surface area contributed by atoms with E-state index in [1.54, 1.807) is 11.8 Å². The number of nitrogens with one attached hydrogen (secondary N) is 1. The zero-order valence-electron chi connectivity index (χ0n) is 18.6. The maximum absolute atomic E-state index is 10.6. The first-order valence-electron chi connectivity index (χ1n) is 11.0. The number of thioether (sulfide) groups is 1. The van der Waals surface area contributed by atoms with E-state index in [0.717, 1.165) is 57.2 Å². The quantitative estimate of drug-likeness (QED) is 0.362. The minimum Gasteiger partial charge on any atom is -0.490 e. The van der Waals surface area contributed by atoms with Crippen molar-refractivity contribution < 1.29 is 9.84 Å². The minimum absolute atomic E-state index is 0.255. The number of hydrogen-bond donors (Lipinski definition) is 2. The molecule has 0 spiro atoms. The summed E-state index contributed by atoms with van der Waals surface area (Å²) in [4.78, 5) is 3.33. The lowest BCUT2D eigenvalue weighted by Gasteiger charge is -2.17. The molecular weight excluding hydrogens is 420 g/mol. The fraction of sp³-hybridized carbons (Fsp3) is 0.360. The molecule has 1 aliphatic carbocycles. The van der Waals surface area contributed by atoms with Crippen LogP contribution in [-0.4, -0.2) is 43.3 Å². The summed E-state index contributed by atoms with van der Waals surface area (Å²) in [7, 11) is 0. The van der Waals surface area contributed by atoms with E-state index in [4.69, 9.17) is 4.74 Å². The molecule has 0 amide bonds. The van der Waals surface area contributed by atoms with Gasteiger partial charge in [-0.05, 0) is 56.4 Å². The van der Waals surface area contributed by atoms with E-state index < -0.39 is 6.10 Å². The number of H-pyrrole nitrogens is 1. The van der Waals surface area contributed by atoms with Crippen LogP contribution in [0.3, 0.4) is 0 Å². The summed E-state index contributed by atoms with van der Waals surface area (Å²) in [6.45, 7) is 6.42. The smallest absolute Gasteiger partial charge is 0.191 e. The van der Waals surface area contributed by atoms with Crippen LogP contribution in [0, 0.1) is 20.8 Å². The molecule has 0 bridgehead atoms. The molecule has 2 aromatic heterocycles. The van der Waals surface area contributed by atoms with Crippen molar-refractivity contribution >= 4 is 22.7 Å². The van der Waals surface area contributed by atoms with Crippen LogP contribution in [0.25, 0.3) is 22.3 Å². The molecular formula is C25H28N4O2S. The lowest BCUT2D eigenvalue weighted by atomic mass is 10.1. The maximum Gasteiger partial charge on any atom is 0.191 e. The Morgan fingerprint density at radius 1 is 1.12 bits per heavy atom. The zero-order valence-corrected chi connectivity index (χ0v) is 19.4. The largest absolute Gasteiger partial charge is 0.490 e. The number of para-hydroxylation sites is 1. The molecule has 2 N–H and O–H groups in total. The van der Waals surface area contributed by atoms with E-state index in [9.17, 15) is 5.11 Å². The van der Waals surface area contributed by atoms with E-state index >= 15 is 0 Å². The van der Waals surface area contributed by atoms with E-state index in [1.165, 1.54) is 5.56 Å². The van der Waals surface area contributed by atoms with Gasteiger partial charge in [0.25, 0.3) is 0 Å². The summed E-state index contributed by atoms with van der Waals surface area (Å²) in [5.74, 6) is 2.27. The fourth-order valence-electron chi connectivity index (χ4n) is 4.02. The monoisotopic (exact) mass is 448 g/mol. The van der Waals surface area contributed by atoms with Gasteiger partial charge in [0.1, 0.15) is 12.4 Å². The van der Waals surface area contributed by atoms with Crippen molar-refractivity contribution in [3.8, 4) is 17.1 Å². The lowest BCUT2D eigenvalue weighted by molar-refractivity contribution is 0.125. The SMILES string of the molecule is Cc1ccc(C)c(OC[C@H](O)CSc2nnc(-c3c[nH]c4ccccc34)n2C2CC2)c1C. The Bertz CT molecular complexity index is 1260. The van der Waals surface area contributed by atoms with E-state index in [2.05, 4.69) is 57.9 Å². The molecule has 6 nitrogen and oxygen atoms in total. The van der Waals surface area contributed by atoms with Gasteiger partial charge in [-0.1, -0.05) is 42.1 Å². The van der Waals surface area contributed by atoms with Crippen molar-refractivity contribution in [1.82, 2.24) is 19.7 Å². The number of benzene rings is 2. The first-order valence-corrected chi connectivity index (χ1v) is 12.0. The molecule has 2 heterocycles.